The number of carbonyl (C=O) groups excluding carboxylic acids is 3. The fraction of sp³-hybridized carbons (Fsp3) is 0.667. The number of carboxylic acid groups (broad SMARTS) is 1. The number of aliphatic hydroxyl groups is 1. The number of amides is 3. The molecule has 6 atom stereocenters. The van der Waals surface area contributed by atoms with Crippen molar-refractivity contribution in [3.63, 3.8) is 0 Å². The summed E-state index contributed by atoms with van der Waals surface area (Å²) in [6, 6.07) is -4.54. The molecule has 0 saturated heterocycles. The highest BCUT2D eigenvalue weighted by molar-refractivity contribution is 5.94. The number of carboxylic acids is 1. The molecule has 0 spiro atoms. The molecule has 1 rings (SSSR count). The normalized spacial score (nSPS) is 16.5. The van der Waals surface area contributed by atoms with Crippen LogP contribution in [0.1, 0.15) is 46.2 Å². The van der Waals surface area contributed by atoms with E-state index in [1.807, 2.05) is 13.8 Å². The third-order valence-corrected chi connectivity index (χ3v) is 5.76. The number of hydrogen-bond acceptors (Lipinski definition) is 7. The summed E-state index contributed by atoms with van der Waals surface area (Å²) in [5.41, 5.74) is 6.53. The minimum atomic E-state index is -1.41. The highest BCUT2D eigenvalue weighted by atomic mass is 16.4. The molecule has 1 heterocycles. The fourth-order valence-electron chi connectivity index (χ4n) is 3.01. The molecule has 8 N–H and O–H groups in total. The lowest BCUT2D eigenvalue weighted by Crippen LogP contribution is -2.59. The minimum absolute atomic E-state index is 0.0369. The topological polar surface area (TPSA) is 200 Å². The Balaban J connectivity index is 2.97. The lowest BCUT2D eigenvalue weighted by molar-refractivity contribution is -0.144. The minimum Gasteiger partial charge on any atom is -0.480 e. The van der Waals surface area contributed by atoms with Gasteiger partial charge in [0.2, 0.25) is 17.7 Å². The number of aromatic nitrogens is 2. The van der Waals surface area contributed by atoms with Gasteiger partial charge in [0, 0.05) is 18.3 Å². The Morgan fingerprint density at radius 3 is 2.06 bits per heavy atom. The first-order valence-electron chi connectivity index (χ1n) is 11.0. The van der Waals surface area contributed by atoms with Crippen molar-refractivity contribution in [2.45, 2.75) is 71.1 Å². The van der Waals surface area contributed by atoms with Crippen molar-refractivity contribution in [3.8, 4) is 0 Å². The first kappa shape index (κ1) is 28.0. The fourth-order valence-corrected chi connectivity index (χ4v) is 3.01. The van der Waals surface area contributed by atoms with Crippen LogP contribution in [0.5, 0.6) is 0 Å². The van der Waals surface area contributed by atoms with Gasteiger partial charge in [-0.05, 0) is 11.8 Å². The van der Waals surface area contributed by atoms with Crippen LogP contribution in [-0.2, 0) is 25.6 Å². The van der Waals surface area contributed by atoms with Crippen molar-refractivity contribution >= 4 is 23.7 Å². The van der Waals surface area contributed by atoms with Gasteiger partial charge < -0.3 is 36.9 Å². The Labute approximate surface area is 193 Å². The van der Waals surface area contributed by atoms with Crippen LogP contribution in [-0.4, -0.2) is 74.6 Å². The SMILES string of the molecule is CCC(C)C(N)C(=O)NC(Cc1cnc[nH]1)C(=O)NC(CO)C(=O)NC(C(=O)O)C(C)CC. The number of hydrogen-bond donors (Lipinski definition) is 7. The average molecular weight is 469 g/mol. The first-order chi connectivity index (χ1) is 15.5. The number of carbonyl (C=O) groups is 4. The van der Waals surface area contributed by atoms with Gasteiger partial charge in [0.15, 0.2) is 0 Å². The van der Waals surface area contributed by atoms with Crippen LogP contribution in [0.15, 0.2) is 12.5 Å². The summed E-state index contributed by atoms with van der Waals surface area (Å²) in [5, 5.41) is 26.4. The van der Waals surface area contributed by atoms with Crippen LogP contribution in [0.4, 0.5) is 0 Å². The number of H-pyrrole nitrogens is 1. The van der Waals surface area contributed by atoms with Gasteiger partial charge in [-0.25, -0.2) is 9.78 Å². The van der Waals surface area contributed by atoms with Gasteiger partial charge in [0.1, 0.15) is 18.1 Å². The number of aliphatic hydroxyl groups excluding tert-OH is 1. The number of nitrogens with one attached hydrogen (secondary N) is 4. The molecule has 6 unspecified atom stereocenters. The van der Waals surface area contributed by atoms with Crippen LogP contribution >= 0.6 is 0 Å². The van der Waals surface area contributed by atoms with Crippen molar-refractivity contribution in [1.29, 1.82) is 0 Å². The molecular weight excluding hydrogens is 432 g/mol. The van der Waals surface area contributed by atoms with Crippen molar-refractivity contribution in [2.24, 2.45) is 17.6 Å². The van der Waals surface area contributed by atoms with E-state index in [-0.39, 0.29) is 18.3 Å². The molecule has 0 fully saturated rings. The molecule has 0 aliphatic heterocycles. The van der Waals surface area contributed by atoms with E-state index in [0.717, 1.165) is 0 Å². The molecule has 0 aliphatic carbocycles. The number of nitrogens with two attached hydrogens (primary N) is 1. The summed E-state index contributed by atoms with van der Waals surface area (Å²) < 4.78 is 0. The molecular formula is C21H36N6O6. The lowest BCUT2D eigenvalue weighted by Gasteiger charge is -2.26. The summed E-state index contributed by atoms with van der Waals surface area (Å²) in [4.78, 5) is 56.3. The molecule has 0 aromatic carbocycles. The lowest BCUT2D eigenvalue weighted by atomic mass is 9.98. The zero-order valence-electron chi connectivity index (χ0n) is 19.5. The monoisotopic (exact) mass is 468 g/mol. The van der Waals surface area contributed by atoms with Crippen LogP contribution < -0.4 is 21.7 Å². The average Bonchev–Trinajstić information content (AvgIpc) is 3.31. The van der Waals surface area contributed by atoms with E-state index in [1.165, 1.54) is 12.5 Å². The highest BCUT2D eigenvalue weighted by Crippen LogP contribution is 2.09. The number of nitrogens with zero attached hydrogens (tertiary/aromatic N) is 1. The van der Waals surface area contributed by atoms with E-state index in [2.05, 4.69) is 25.9 Å². The van der Waals surface area contributed by atoms with Gasteiger partial charge in [-0.15, -0.1) is 0 Å². The van der Waals surface area contributed by atoms with E-state index in [0.29, 0.717) is 18.5 Å². The smallest absolute Gasteiger partial charge is 0.326 e. The second-order valence-electron chi connectivity index (χ2n) is 8.21. The number of imidazole rings is 1. The number of aliphatic carboxylic acids is 1. The Morgan fingerprint density at radius 1 is 1.00 bits per heavy atom. The summed E-state index contributed by atoms with van der Waals surface area (Å²) >= 11 is 0. The molecule has 186 valence electrons. The summed E-state index contributed by atoms with van der Waals surface area (Å²) in [5.74, 6) is -3.82. The predicted octanol–water partition coefficient (Wildman–Crippen LogP) is -1.10. The van der Waals surface area contributed by atoms with Crippen LogP contribution in [0, 0.1) is 11.8 Å². The summed E-state index contributed by atoms with van der Waals surface area (Å²) in [7, 11) is 0. The molecule has 0 radical (unpaired) electrons. The molecule has 1 aromatic heterocycles. The zero-order valence-corrected chi connectivity index (χ0v) is 19.5. The Morgan fingerprint density at radius 2 is 1.58 bits per heavy atom. The maximum atomic E-state index is 12.9. The second kappa shape index (κ2) is 13.5. The van der Waals surface area contributed by atoms with E-state index >= 15 is 0 Å². The van der Waals surface area contributed by atoms with Crippen molar-refractivity contribution in [1.82, 2.24) is 25.9 Å². The van der Waals surface area contributed by atoms with Crippen molar-refractivity contribution in [2.75, 3.05) is 6.61 Å². The van der Waals surface area contributed by atoms with Gasteiger partial charge in [-0.3, -0.25) is 14.4 Å². The Hall–Kier alpha value is -2.99. The molecule has 33 heavy (non-hydrogen) atoms. The molecule has 1 aromatic rings. The quantitative estimate of drug-likeness (QED) is 0.178. The van der Waals surface area contributed by atoms with E-state index in [1.54, 1.807) is 13.8 Å². The van der Waals surface area contributed by atoms with Crippen LogP contribution in [0.2, 0.25) is 0 Å². The highest BCUT2D eigenvalue weighted by Gasteiger charge is 2.32. The van der Waals surface area contributed by atoms with Gasteiger partial charge >= 0.3 is 5.97 Å². The van der Waals surface area contributed by atoms with Gasteiger partial charge in [-0.1, -0.05) is 40.5 Å². The van der Waals surface area contributed by atoms with E-state index in [9.17, 15) is 29.4 Å². The van der Waals surface area contributed by atoms with Crippen molar-refractivity contribution in [3.05, 3.63) is 18.2 Å². The number of rotatable bonds is 14. The first-order valence-corrected chi connectivity index (χ1v) is 11.0. The third-order valence-electron chi connectivity index (χ3n) is 5.76. The molecule has 12 nitrogen and oxygen atoms in total. The molecule has 0 bridgehead atoms. The third kappa shape index (κ3) is 8.46. The summed E-state index contributed by atoms with van der Waals surface area (Å²) in [6.07, 6.45) is 4.11. The molecule has 0 aliphatic rings. The van der Waals surface area contributed by atoms with Crippen LogP contribution in [0.25, 0.3) is 0 Å². The van der Waals surface area contributed by atoms with E-state index < -0.39 is 54.5 Å². The van der Waals surface area contributed by atoms with Gasteiger partial charge in [0.25, 0.3) is 0 Å². The van der Waals surface area contributed by atoms with Gasteiger partial charge in [-0.2, -0.15) is 0 Å². The molecule has 3 amide bonds. The maximum absolute atomic E-state index is 12.9. The van der Waals surface area contributed by atoms with Gasteiger partial charge in [0.05, 0.1) is 19.0 Å². The second-order valence-corrected chi connectivity index (χ2v) is 8.21. The Bertz CT molecular complexity index is 786. The Kier molecular flexibility index (Phi) is 11.5. The van der Waals surface area contributed by atoms with Crippen LogP contribution in [0.3, 0.4) is 0 Å². The molecule has 0 saturated carbocycles. The van der Waals surface area contributed by atoms with Crippen molar-refractivity contribution < 1.29 is 29.4 Å². The number of aromatic amines is 1. The zero-order chi connectivity index (χ0) is 25.1. The summed E-state index contributed by atoms with van der Waals surface area (Å²) in [6.45, 7) is 6.39. The maximum Gasteiger partial charge on any atom is 0.326 e. The van der Waals surface area contributed by atoms with E-state index in [4.69, 9.17) is 5.73 Å². The largest absolute Gasteiger partial charge is 0.480 e. The standard InChI is InChI=1S/C21H36N6O6/c1-5-11(3)16(22)20(31)25-14(7-13-8-23-10-24-13)18(29)26-15(9-28)19(30)27-17(21(32)33)12(4)6-2/h8,10-12,14-17,28H,5-7,9,22H2,1-4H3,(H,23,24)(H,25,31)(H,26,29)(H,27,30)(H,32,33). The predicted molar refractivity (Wildman–Crippen MR) is 120 cm³/mol. The molecule has 12 heteroatoms.